The lowest BCUT2D eigenvalue weighted by Gasteiger charge is -1.93. The highest BCUT2D eigenvalue weighted by Gasteiger charge is 1.96. The number of carbonyl (C=O) groups is 1. The molecule has 0 aromatic carbocycles. The molecule has 0 amide bonds. The molecule has 0 aliphatic rings. The first-order chi connectivity index (χ1) is 5.27. The lowest BCUT2D eigenvalue weighted by atomic mass is 10.1. The minimum atomic E-state index is -0.727. The van der Waals surface area contributed by atoms with Gasteiger partial charge in [-0.3, -0.25) is 4.79 Å². The second kappa shape index (κ2) is 7.07. The molecule has 0 bridgehead atoms. The quantitative estimate of drug-likeness (QED) is 0.470. The van der Waals surface area contributed by atoms with E-state index in [2.05, 4.69) is 4.85 Å². The Hall–Kier alpha value is -1.04. The molecule has 0 rings (SSSR count). The van der Waals surface area contributed by atoms with Crippen LogP contribution in [0.5, 0.6) is 0 Å². The topological polar surface area (TPSA) is 41.7 Å². The fourth-order valence-corrected chi connectivity index (χ4v) is 0.821. The number of aliphatic carboxylic acids is 1. The first kappa shape index (κ1) is 9.96. The summed E-state index contributed by atoms with van der Waals surface area (Å²) >= 11 is 0. The molecule has 62 valence electrons. The molecule has 0 atom stereocenters. The summed E-state index contributed by atoms with van der Waals surface area (Å²) in [6.45, 7) is 7.06. The molecule has 0 saturated heterocycles. The highest BCUT2D eigenvalue weighted by atomic mass is 16.4. The third-order valence-electron chi connectivity index (χ3n) is 1.41. The zero-order valence-corrected chi connectivity index (χ0v) is 6.55. The highest BCUT2D eigenvalue weighted by Crippen LogP contribution is 2.02. The van der Waals surface area contributed by atoms with Gasteiger partial charge in [0.25, 0.3) is 0 Å². The zero-order valence-electron chi connectivity index (χ0n) is 6.55. The van der Waals surface area contributed by atoms with Crippen molar-refractivity contribution < 1.29 is 9.90 Å². The van der Waals surface area contributed by atoms with Crippen molar-refractivity contribution in [3.05, 3.63) is 11.4 Å². The van der Waals surface area contributed by atoms with Crippen molar-refractivity contribution in [1.82, 2.24) is 0 Å². The van der Waals surface area contributed by atoms with Gasteiger partial charge in [0.2, 0.25) is 6.54 Å². The number of nitrogens with zero attached hydrogens (tertiary/aromatic N) is 1. The van der Waals surface area contributed by atoms with Crippen molar-refractivity contribution >= 4 is 5.97 Å². The predicted molar refractivity (Wildman–Crippen MR) is 42.2 cm³/mol. The van der Waals surface area contributed by atoms with Crippen LogP contribution in [0.25, 0.3) is 4.85 Å². The summed E-state index contributed by atoms with van der Waals surface area (Å²) in [5, 5.41) is 8.27. The van der Waals surface area contributed by atoms with Gasteiger partial charge in [-0.2, -0.15) is 0 Å². The van der Waals surface area contributed by atoms with E-state index in [1.165, 1.54) is 0 Å². The molecule has 0 unspecified atom stereocenters. The van der Waals surface area contributed by atoms with Gasteiger partial charge in [-0.1, -0.05) is 6.42 Å². The van der Waals surface area contributed by atoms with Crippen LogP contribution in [0.15, 0.2) is 0 Å². The van der Waals surface area contributed by atoms with Crippen molar-refractivity contribution in [2.45, 2.75) is 32.1 Å². The van der Waals surface area contributed by atoms with Crippen molar-refractivity contribution in [2.75, 3.05) is 6.54 Å². The van der Waals surface area contributed by atoms with Crippen LogP contribution in [0.3, 0.4) is 0 Å². The SMILES string of the molecule is [C-]#[N+]CCCCCCC(=O)O. The van der Waals surface area contributed by atoms with Gasteiger partial charge >= 0.3 is 5.97 Å². The van der Waals surface area contributed by atoms with E-state index in [0.717, 1.165) is 25.7 Å². The first-order valence-corrected chi connectivity index (χ1v) is 3.82. The van der Waals surface area contributed by atoms with E-state index >= 15 is 0 Å². The molecule has 0 aliphatic heterocycles. The fourth-order valence-electron chi connectivity index (χ4n) is 0.821. The average Bonchev–Trinajstić information content (AvgIpc) is 1.96. The number of unbranched alkanes of at least 4 members (excludes halogenated alkanes) is 3. The molecule has 0 fully saturated rings. The van der Waals surface area contributed by atoms with Crippen LogP contribution < -0.4 is 0 Å². The van der Waals surface area contributed by atoms with Crippen LogP contribution in [0.2, 0.25) is 0 Å². The summed E-state index contributed by atoms with van der Waals surface area (Å²) in [5.41, 5.74) is 0. The third kappa shape index (κ3) is 8.96. The molecule has 0 aromatic rings. The Labute approximate surface area is 66.9 Å². The van der Waals surface area contributed by atoms with Crippen LogP contribution in [-0.4, -0.2) is 17.6 Å². The molecule has 0 spiro atoms. The summed E-state index contributed by atoms with van der Waals surface area (Å²) in [6.07, 6.45) is 3.83. The third-order valence-corrected chi connectivity index (χ3v) is 1.41. The fraction of sp³-hybridized carbons (Fsp3) is 0.750. The standard InChI is InChI=1S/C8H13NO2/c1-9-7-5-3-2-4-6-8(10)11/h2-7H2,(H,10,11). The van der Waals surface area contributed by atoms with Gasteiger partial charge in [-0.15, -0.1) is 0 Å². The molecule has 0 saturated carbocycles. The second-order valence-corrected chi connectivity index (χ2v) is 2.44. The van der Waals surface area contributed by atoms with Crippen molar-refractivity contribution in [3.8, 4) is 0 Å². The average molecular weight is 155 g/mol. The second-order valence-electron chi connectivity index (χ2n) is 2.44. The summed E-state index contributed by atoms with van der Waals surface area (Å²) in [5.74, 6) is -0.727. The van der Waals surface area contributed by atoms with Gasteiger partial charge in [-0.25, -0.2) is 6.57 Å². The largest absolute Gasteiger partial charge is 0.481 e. The number of rotatable bonds is 6. The van der Waals surface area contributed by atoms with Gasteiger partial charge in [0.05, 0.1) is 0 Å². The first-order valence-electron chi connectivity index (χ1n) is 3.82. The molecule has 1 N–H and O–H groups in total. The van der Waals surface area contributed by atoms with Gasteiger partial charge in [0, 0.05) is 12.8 Å². The van der Waals surface area contributed by atoms with Crippen LogP contribution in [0.4, 0.5) is 0 Å². The summed E-state index contributed by atoms with van der Waals surface area (Å²) in [6, 6.07) is 0. The number of carboxylic acid groups (broad SMARTS) is 1. The Balaban J connectivity index is 2.92. The smallest absolute Gasteiger partial charge is 0.303 e. The van der Waals surface area contributed by atoms with Crippen LogP contribution in [0, 0.1) is 6.57 Å². The van der Waals surface area contributed by atoms with Crippen LogP contribution in [0.1, 0.15) is 32.1 Å². The van der Waals surface area contributed by atoms with Crippen molar-refractivity contribution in [2.24, 2.45) is 0 Å². The molecular formula is C8H13NO2. The molecule has 0 radical (unpaired) electrons. The molecule has 3 heteroatoms. The summed E-state index contributed by atoms with van der Waals surface area (Å²) in [7, 11) is 0. The minimum absolute atomic E-state index is 0.262. The van der Waals surface area contributed by atoms with Crippen LogP contribution in [-0.2, 0) is 4.79 Å². The molecule has 0 aromatic heterocycles. The lowest BCUT2D eigenvalue weighted by Crippen LogP contribution is -1.93. The van der Waals surface area contributed by atoms with Crippen molar-refractivity contribution in [1.29, 1.82) is 0 Å². The summed E-state index contributed by atoms with van der Waals surface area (Å²) < 4.78 is 0. The van der Waals surface area contributed by atoms with Crippen molar-refractivity contribution in [3.63, 3.8) is 0 Å². The molecule has 11 heavy (non-hydrogen) atoms. The van der Waals surface area contributed by atoms with E-state index in [-0.39, 0.29) is 6.42 Å². The molecular weight excluding hydrogens is 142 g/mol. The number of carboxylic acids is 1. The maximum atomic E-state index is 10.0. The Bertz CT molecular complexity index is 149. The van der Waals surface area contributed by atoms with E-state index in [0.29, 0.717) is 6.54 Å². The Morgan fingerprint density at radius 2 is 1.91 bits per heavy atom. The monoisotopic (exact) mass is 155 g/mol. The van der Waals surface area contributed by atoms with E-state index in [4.69, 9.17) is 11.7 Å². The zero-order chi connectivity index (χ0) is 8.53. The molecule has 0 heterocycles. The number of hydrogen-bond acceptors (Lipinski definition) is 1. The summed E-state index contributed by atoms with van der Waals surface area (Å²) in [4.78, 5) is 13.2. The highest BCUT2D eigenvalue weighted by molar-refractivity contribution is 5.66. The Morgan fingerprint density at radius 1 is 1.27 bits per heavy atom. The lowest BCUT2D eigenvalue weighted by molar-refractivity contribution is -0.137. The van der Waals surface area contributed by atoms with E-state index < -0.39 is 5.97 Å². The van der Waals surface area contributed by atoms with E-state index in [1.807, 2.05) is 0 Å². The predicted octanol–water partition coefficient (Wildman–Crippen LogP) is 1.94. The van der Waals surface area contributed by atoms with E-state index in [1.54, 1.807) is 0 Å². The Kier molecular flexibility index (Phi) is 6.40. The minimum Gasteiger partial charge on any atom is -0.481 e. The van der Waals surface area contributed by atoms with Gasteiger partial charge in [0.1, 0.15) is 0 Å². The van der Waals surface area contributed by atoms with Gasteiger partial charge in [-0.05, 0) is 12.8 Å². The molecule has 0 aliphatic carbocycles. The van der Waals surface area contributed by atoms with Crippen LogP contribution >= 0.6 is 0 Å². The van der Waals surface area contributed by atoms with E-state index in [9.17, 15) is 4.79 Å². The normalized spacial score (nSPS) is 9.00. The maximum Gasteiger partial charge on any atom is 0.303 e. The Morgan fingerprint density at radius 3 is 2.45 bits per heavy atom. The van der Waals surface area contributed by atoms with Gasteiger partial charge < -0.3 is 9.95 Å². The number of hydrogen-bond donors (Lipinski definition) is 1. The van der Waals surface area contributed by atoms with Gasteiger partial charge in [0.15, 0.2) is 0 Å². The molecule has 3 nitrogen and oxygen atoms in total. The maximum absolute atomic E-state index is 10.0.